The molecule has 0 saturated carbocycles. The molecular formula is C21H25ClFN3O3S. The van der Waals surface area contributed by atoms with Gasteiger partial charge >= 0.3 is 0 Å². The van der Waals surface area contributed by atoms with Crippen molar-refractivity contribution in [2.45, 2.75) is 30.4 Å². The number of rotatable bonds is 8. The molecule has 0 aliphatic heterocycles. The largest absolute Gasteiger partial charge is 0.384 e. The zero-order valence-electron chi connectivity index (χ0n) is 16.7. The molecule has 0 bridgehead atoms. The van der Waals surface area contributed by atoms with Crippen molar-refractivity contribution in [1.29, 1.82) is 0 Å². The van der Waals surface area contributed by atoms with Gasteiger partial charge in [0.2, 0.25) is 10.0 Å². The Morgan fingerprint density at radius 2 is 1.93 bits per heavy atom. The van der Waals surface area contributed by atoms with Crippen molar-refractivity contribution in [1.82, 2.24) is 15.0 Å². The van der Waals surface area contributed by atoms with E-state index in [2.05, 4.69) is 15.0 Å². The van der Waals surface area contributed by atoms with Gasteiger partial charge in [-0.1, -0.05) is 18.2 Å². The van der Waals surface area contributed by atoms with E-state index in [9.17, 15) is 17.9 Å². The first kappa shape index (κ1) is 24.2. The van der Waals surface area contributed by atoms with Crippen LogP contribution in [0.1, 0.15) is 19.4 Å². The van der Waals surface area contributed by atoms with E-state index in [-0.39, 0.29) is 23.8 Å². The van der Waals surface area contributed by atoms with Gasteiger partial charge < -0.3 is 10.4 Å². The Morgan fingerprint density at radius 3 is 2.67 bits per heavy atom. The van der Waals surface area contributed by atoms with Gasteiger partial charge in [-0.2, -0.15) is 0 Å². The molecule has 1 unspecified atom stereocenters. The summed E-state index contributed by atoms with van der Waals surface area (Å²) < 4.78 is 41.3. The summed E-state index contributed by atoms with van der Waals surface area (Å²) >= 11 is 0. The van der Waals surface area contributed by atoms with Gasteiger partial charge in [0.05, 0.1) is 10.5 Å². The predicted octanol–water partition coefficient (Wildman–Crippen LogP) is 2.96. The predicted molar refractivity (Wildman–Crippen MR) is 118 cm³/mol. The first-order valence-corrected chi connectivity index (χ1v) is 10.7. The van der Waals surface area contributed by atoms with Crippen molar-refractivity contribution < 1.29 is 17.9 Å². The molecule has 1 heterocycles. The summed E-state index contributed by atoms with van der Waals surface area (Å²) in [5.74, 6) is -0.421. The highest BCUT2D eigenvalue weighted by Gasteiger charge is 2.24. The summed E-state index contributed by atoms with van der Waals surface area (Å²) in [5, 5.41) is 15.3. The molecule has 30 heavy (non-hydrogen) atoms. The Bertz CT molecular complexity index is 1110. The minimum atomic E-state index is -3.70. The summed E-state index contributed by atoms with van der Waals surface area (Å²) in [6.45, 7) is 3.74. The lowest BCUT2D eigenvalue weighted by molar-refractivity contribution is 0.0565. The first-order valence-electron chi connectivity index (χ1n) is 9.23. The van der Waals surface area contributed by atoms with Crippen molar-refractivity contribution in [2.24, 2.45) is 0 Å². The van der Waals surface area contributed by atoms with Gasteiger partial charge in [0.25, 0.3) is 0 Å². The van der Waals surface area contributed by atoms with E-state index in [0.717, 1.165) is 10.8 Å². The molecule has 6 nitrogen and oxygen atoms in total. The number of nitrogens with one attached hydrogen (secondary N) is 2. The summed E-state index contributed by atoms with van der Waals surface area (Å²) in [7, 11) is -3.70. The SMILES string of the molecule is C[C@H](CNCC(C)(O)c1cccc(F)c1)NS(=O)(=O)c1ccc2cnccc2c1.Cl. The smallest absolute Gasteiger partial charge is 0.240 e. The van der Waals surface area contributed by atoms with Gasteiger partial charge in [-0.3, -0.25) is 4.98 Å². The van der Waals surface area contributed by atoms with E-state index in [4.69, 9.17) is 0 Å². The third-order valence-electron chi connectivity index (χ3n) is 4.64. The van der Waals surface area contributed by atoms with Crippen LogP contribution in [0.5, 0.6) is 0 Å². The second-order valence-electron chi connectivity index (χ2n) is 7.32. The first-order chi connectivity index (χ1) is 13.7. The summed E-state index contributed by atoms with van der Waals surface area (Å²) in [4.78, 5) is 4.19. The lowest BCUT2D eigenvalue weighted by Crippen LogP contribution is -2.44. The molecule has 162 valence electrons. The van der Waals surface area contributed by atoms with Crippen LogP contribution in [0.25, 0.3) is 10.8 Å². The summed E-state index contributed by atoms with van der Waals surface area (Å²) in [6, 6.07) is 12.0. The molecule has 0 radical (unpaired) electrons. The lowest BCUT2D eigenvalue weighted by atomic mass is 9.96. The summed E-state index contributed by atoms with van der Waals surface area (Å²) in [6.07, 6.45) is 3.29. The Morgan fingerprint density at radius 1 is 1.17 bits per heavy atom. The minimum absolute atomic E-state index is 0. The third-order valence-corrected chi connectivity index (χ3v) is 6.23. The summed E-state index contributed by atoms with van der Waals surface area (Å²) in [5.41, 5.74) is -0.837. The van der Waals surface area contributed by atoms with E-state index < -0.39 is 27.5 Å². The lowest BCUT2D eigenvalue weighted by Gasteiger charge is -2.25. The molecule has 0 amide bonds. The Labute approximate surface area is 182 Å². The molecule has 3 rings (SSSR count). The molecule has 3 aromatic rings. The average Bonchev–Trinajstić information content (AvgIpc) is 2.67. The number of benzene rings is 2. The van der Waals surface area contributed by atoms with Gasteiger partial charge in [-0.05, 0) is 55.1 Å². The number of pyridine rings is 1. The molecule has 3 N–H and O–H groups in total. The van der Waals surface area contributed by atoms with Gasteiger partial charge in [0.1, 0.15) is 5.82 Å². The molecule has 0 spiro atoms. The Hall–Kier alpha value is -2.10. The molecule has 0 aliphatic carbocycles. The fourth-order valence-electron chi connectivity index (χ4n) is 3.06. The van der Waals surface area contributed by atoms with E-state index in [1.807, 2.05) is 0 Å². The van der Waals surface area contributed by atoms with E-state index in [1.165, 1.54) is 18.2 Å². The van der Waals surface area contributed by atoms with Crippen LogP contribution in [0.15, 0.2) is 65.8 Å². The molecule has 2 aromatic carbocycles. The van der Waals surface area contributed by atoms with E-state index in [1.54, 1.807) is 56.6 Å². The zero-order chi connectivity index (χ0) is 21.1. The molecule has 2 atom stereocenters. The second-order valence-corrected chi connectivity index (χ2v) is 9.04. The van der Waals surface area contributed by atoms with Crippen LogP contribution in [0.4, 0.5) is 4.39 Å². The standard InChI is InChI=1S/C21H24FN3O3S.ClH/c1-15(12-24-14-21(2,26)18-4-3-5-19(22)11-18)25-29(27,28)20-7-6-17-13-23-9-8-16(17)10-20;/h3-11,13,15,24-26H,12,14H2,1-2H3;1H/t15-,21?;/m1./s1. The fraction of sp³-hybridized carbons (Fsp3) is 0.286. The van der Waals surface area contributed by atoms with E-state index in [0.29, 0.717) is 12.1 Å². The maximum Gasteiger partial charge on any atom is 0.240 e. The number of nitrogens with zero attached hydrogens (tertiary/aromatic N) is 1. The van der Waals surface area contributed by atoms with Crippen molar-refractivity contribution >= 4 is 33.2 Å². The highest BCUT2D eigenvalue weighted by molar-refractivity contribution is 7.89. The Kier molecular flexibility index (Phi) is 7.90. The molecular weight excluding hydrogens is 429 g/mol. The molecule has 0 fully saturated rings. The number of aromatic nitrogens is 1. The van der Waals surface area contributed by atoms with Crippen LogP contribution >= 0.6 is 12.4 Å². The molecule has 1 aromatic heterocycles. The number of hydrogen-bond acceptors (Lipinski definition) is 5. The van der Waals surface area contributed by atoms with Crippen molar-refractivity contribution in [2.75, 3.05) is 13.1 Å². The number of aliphatic hydroxyl groups is 1. The minimum Gasteiger partial charge on any atom is -0.384 e. The van der Waals surface area contributed by atoms with Crippen LogP contribution in [0.3, 0.4) is 0 Å². The molecule has 0 saturated heterocycles. The number of halogens is 2. The van der Waals surface area contributed by atoms with Gasteiger partial charge in [0.15, 0.2) is 0 Å². The van der Waals surface area contributed by atoms with Gasteiger partial charge in [-0.25, -0.2) is 17.5 Å². The number of fused-ring (bicyclic) bond motifs is 1. The maximum absolute atomic E-state index is 13.4. The fourth-order valence-corrected chi connectivity index (χ4v) is 4.34. The van der Waals surface area contributed by atoms with Crippen molar-refractivity contribution in [3.8, 4) is 0 Å². The highest BCUT2D eigenvalue weighted by Crippen LogP contribution is 2.21. The van der Waals surface area contributed by atoms with Crippen LogP contribution in [-0.4, -0.2) is 37.6 Å². The second kappa shape index (κ2) is 9.80. The highest BCUT2D eigenvalue weighted by atomic mass is 35.5. The van der Waals surface area contributed by atoms with Crippen LogP contribution in [0.2, 0.25) is 0 Å². The van der Waals surface area contributed by atoms with Crippen LogP contribution < -0.4 is 10.0 Å². The van der Waals surface area contributed by atoms with Crippen molar-refractivity contribution in [3.05, 3.63) is 72.3 Å². The molecule has 9 heteroatoms. The van der Waals surface area contributed by atoms with Crippen LogP contribution in [-0.2, 0) is 15.6 Å². The monoisotopic (exact) mass is 453 g/mol. The zero-order valence-corrected chi connectivity index (χ0v) is 18.3. The normalized spacial score (nSPS) is 14.7. The van der Waals surface area contributed by atoms with Gasteiger partial charge in [-0.15, -0.1) is 12.4 Å². The van der Waals surface area contributed by atoms with Crippen LogP contribution in [0, 0.1) is 5.82 Å². The number of hydrogen-bond donors (Lipinski definition) is 3. The average molecular weight is 454 g/mol. The number of sulfonamides is 1. The van der Waals surface area contributed by atoms with E-state index >= 15 is 0 Å². The van der Waals surface area contributed by atoms with Gasteiger partial charge in [0, 0.05) is 36.9 Å². The van der Waals surface area contributed by atoms with Crippen molar-refractivity contribution in [3.63, 3.8) is 0 Å². The maximum atomic E-state index is 13.4. The topological polar surface area (TPSA) is 91.3 Å². The quantitative estimate of drug-likeness (QED) is 0.487. The third kappa shape index (κ3) is 5.96. The Balaban J connectivity index is 0.00000320. The molecule has 0 aliphatic rings.